The van der Waals surface area contributed by atoms with Gasteiger partial charge in [-0.2, -0.15) is 35.9 Å². The van der Waals surface area contributed by atoms with Crippen molar-refractivity contribution in [2.24, 2.45) is 0 Å². The summed E-state index contributed by atoms with van der Waals surface area (Å²) in [6.45, 7) is 2.19. The summed E-state index contributed by atoms with van der Waals surface area (Å²) in [5, 5.41) is 0. The molecule has 0 spiro atoms. The third-order valence-electron chi connectivity index (χ3n) is 1.33. The van der Waals surface area contributed by atoms with Gasteiger partial charge in [0.15, 0.2) is 0 Å². The van der Waals surface area contributed by atoms with Crippen LogP contribution < -0.4 is 18.9 Å². The average molecular weight is 126 g/mol. The third kappa shape index (κ3) is 3.10. The Morgan fingerprint density at radius 2 is 1.90 bits per heavy atom. The first-order chi connectivity index (χ1) is 4.43. The molecule has 0 aliphatic carbocycles. The van der Waals surface area contributed by atoms with E-state index in [1.165, 1.54) is 18.4 Å². The molecule has 1 heteroatoms. The number of hydrogen-bond donors (Lipinski definition) is 0. The van der Waals surface area contributed by atoms with Crippen molar-refractivity contribution in [3.8, 4) is 0 Å². The van der Waals surface area contributed by atoms with Crippen LogP contribution in [0, 0.1) is 6.07 Å². The normalized spacial score (nSPS) is 8.50. The van der Waals surface area contributed by atoms with Gasteiger partial charge in [0.2, 0.25) is 0 Å². The number of hydrogen-bond acceptors (Lipinski definition) is 0. The molecule has 0 saturated heterocycles. The van der Waals surface area contributed by atoms with Gasteiger partial charge in [-0.05, 0) is 0 Å². The summed E-state index contributed by atoms with van der Waals surface area (Å²) < 4.78 is 0. The number of aryl methyl sites for hydroxylation is 1. The van der Waals surface area contributed by atoms with Crippen LogP contribution >= 0.6 is 0 Å². The van der Waals surface area contributed by atoms with Gasteiger partial charge >= 0.3 is 18.9 Å². The second-order valence-electron chi connectivity index (χ2n) is 2.16. The molecule has 0 aliphatic heterocycles. The van der Waals surface area contributed by atoms with Gasteiger partial charge in [0, 0.05) is 0 Å². The molecule has 0 aromatic heterocycles. The number of rotatable bonds is 2. The van der Waals surface area contributed by atoms with E-state index in [0.29, 0.717) is 0 Å². The first-order valence-electron chi connectivity index (χ1n) is 3.38. The molecule has 0 fully saturated rings. The van der Waals surface area contributed by atoms with Gasteiger partial charge in [-0.25, -0.2) is 0 Å². The minimum absolute atomic E-state index is 0. The Morgan fingerprint density at radius 1 is 1.30 bits per heavy atom. The SMILES string of the molecule is CCCc1cc[c-]cc1.[Li+]. The van der Waals surface area contributed by atoms with Crippen LogP contribution in [0.1, 0.15) is 18.9 Å². The van der Waals surface area contributed by atoms with E-state index < -0.39 is 0 Å². The fourth-order valence-electron chi connectivity index (χ4n) is 0.877. The summed E-state index contributed by atoms with van der Waals surface area (Å²) in [7, 11) is 0. The Bertz CT molecular complexity index is 158. The molecule has 0 radical (unpaired) electrons. The zero-order valence-electron chi connectivity index (χ0n) is 6.72. The molecule has 0 aliphatic rings. The van der Waals surface area contributed by atoms with E-state index in [0.717, 1.165) is 0 Å². The molecule has 1 aromatic rings. The molecule has 0 heterocycles. The Balaban J connectivity index is 0.000000810. The van der Waals surface area contributed by atoms with E-state index in [9.17, 15) is 0 Å². The van der Waals surface area contributed by atoms with Crippen molar-refractivity contribution < 1.29 is 18.9 Å². The summed E-state index contributed by atoms with van der Waals surface area (Å²) in [4.78, 5) is 0. The van der Waals surface area contributed by atoms with Gasteiger partial charge in [-0.1, -0.05) is 19.8 Å². The van der Waals surface area contributed by atoms with Crippen molar-refractivity contribution >= 4 is 0 Å². The second-order valence-corrected chi connectivity index (χ2v) is 2.16. The maximum absolute atomic E-state index is 2.99. The molecule has 0 bridgehead atoms. The molecule has 1 rings (SSSR count). The van der Waals surface area contributed by atoms with Gasteiger partial charge in [-0.15, -0.1) is 0 Å². The maximum Gasteiger partial charge on any atom is 1.00 e. The van der Waals surface area contributed by atoms with Gasteiger partial charge in [0.1, 0.15) is 0 Å². The monoisotopic (exact) mass is 126 g/mol. The zero-order chi connectivity index (χ0) is 6.53. The first-order valence-corrected chi connectivity index (χ1v) is 3.38. The maximum atomic E-state index is 2.99. The molecule has 0 nitrogen and oxygen atoms in total. The van der Waals surface area contributed by atoms with E-state index in [2.05, 4.69) is 25.1 Å². The first kappa shape index (κ1) is 9.82. The third-order valence-corrected chi connectivity index (χ3v) is 1.33. The molecule has 0 atom stereocenters. The van der Waals surface area contributed by atoms with E-state index >= 15 is 0 Å². The molecule has 10 heavy (non-hydrogen) atoms. The topological polar surface area (TPSA) is 0 Å². The van der Waals surface area contributed by atoms with Crippen LogP contribution in [0.25, 0.3) is 0 Å². The fraction of sp³-hybridized carbons (Fsp3) is 0.333. The molecule has 0 saturated carbocycles. The van der Waals surface area contributed by atoms with Crippen LogP contribution in [-0.2, 0) is 6.42 Å². The van der Waals surface area contributed by atoms with Crippen LogP contribution in [0.5, 0.6) is 0 Å². The second kappa shape index (κ2) is 5.59. The quantitative estimate of drug-likeness (QED) is 0.368. The van der Waals surface area contributed by atoms with Crippen molar-refractivity contribution in [2.45, 2.75) is 19.8 Å². The van der Waals surface area contributed by atoms with E-state index in [4.69, 9.17) is 0 Å². The van der Waals surface area contributed by atoms with Crippen LogP contribution in [0.4, 0.5) is 0 Å². The smallest absolute Gasteiger partial charge is 0.184 e. The van der Waals surface area contributed by atoms with Gasteiger partial charge in [-0.3, -0.25) is 0 Å². The van der Waals surface area contributed by atoms with E-state index in [-0.39, 0.29) is 18.9 Å². The molecule has 1 aromatic carbocycles. The summed E-state index contributed by atoms with van der Waals surface area (Å²) in [5.74, 6) is 0. The minimum atomic E-state index is 0. The Kier molecular flexibility index (Phi) is 5.49. The average Bonchev–Trinajstić information content (AvgIpc) is 1.91. The van der Waals surface area contributed by atoms with Crippen LogP contribution in [0.15, 0.2) is 24.3 Å². The molecule has 0 amide bonds. The van der Waals surface area contributed by atoms with Gasteiger partial charge < -0.3 is 0 Å². The number of benzene rings is 1. The fourth-order valence-corrected chi connectivity index (χ4v) is 0.877. The molecular weight excluding hydrogens is 115 g/mol. The van der Waals surface area contributed by atoms with Gasteiger partial charge in [0.25, 0.3) is 0 Å². The standard InChI is InChI=1S/C9H11.Li/c1-2-6-9-7-4-3-5-8-9;/h4-5,7-8H,2,6H2,1H3;/q-1;+1. The Labute approximate surface area is 74.8 Å². The summed E-state index contributed by atoms with van der Waals surface area (Å²) in [5.41, 5.74) is 1.41. The Morgan fingerprint density at radius 3 is 2.40 bits per heavy atom. The van der Waals surface area contributed by atoms with Crippen molar-refractivity contribution in [1.29, 1.82) is 0 Å². The summed E-state index contributed by atoms with van der Waals surface area (Å²) in [6, 6.07) is 11.1. The van der Waals surface area contributed by atoms with Crippen LogP contribution in [-0.4, -0.2) is 0 Å². The van der Waals surface area contributed by atoms with Crippen molar-refractivity contribution in [3.05, 3.63) is 35.9 Å². The molecule has 0 unspecified atom stereocenters. The van der Waals surface area contributed by atoms with Gasteiger partial charge in [0.05, 0.1) is 0 Å². The molecular formula is C9H11Li. The molecule has 0 N–H and O–H groups in total. The zero-order valence-corrected chi connectivity index (χ0v) is 6.72. The largest absolute Gasteiger partial charge is 1.00 e. The Hall–Kier alpha value is -0.183. The predicted octanol–water partition coefficient (Wildman–Crippen LogP) is -0.557. The van der Waals surface area contributed by atoms with Crippen LogP contribution in [0.3, 0.4) is 0 Å². The van der Waals surface area contributed by atoms with Crippen molar-refractivity contribution in [3.63, 3.8) is 0 Å². The van der Waals surface area contributed by atoms with Crippen LogP contribution in [0.2, 0.25) is 0 Å². The van der Waals surface area contributed by atoms with Crippen molar-refractivity contribution in [2.75, 3.05) is 0 Å². The van der Waals surface area contributed by atoms with Crippen molar-refractivity contribution in [1.82, 2.24) is 0 Å². The predicted molar refractivity (Wildman–Crippen MR) is 39.3 cm³/mol. The summed E-state index contributed by atoms with van der Waals surface area (Å²) >= 11 is 0. The molecule has 48 valence electrons. The summed E-state index contributed by atoms with van der Waals surface area (Å²) in [6.07, 6.45) is 2.42. The minimum Gasteiger partial charge on any atom is -0.184 e. The van der Waals surface area contributed by atoms with E-state index in [1.807, 2.05) is 12.1 Å². The van der Waals surface area contributed by atoms with E-state index in [1.54, 1.807) is 0 Å².